The number of amides is 1. The highest BCUT2D eigenvalue weighted by Gasteiger charge is 2.08. The Balaban J connectivity index is 2.18. The second kappa shape index (κ2) is 5.05. The standard InChI is InChI=1S/C12H8BrFN2O/c13-10-6-8(3-4-11(10)14)12(17)16-9-2-1-5-15-7-9/h1-7H,(H,16,17). The zero-order valence-corrected chi connectivity index (χ0v) is 10.2. The molecular weight excluding hydrogens is 287 g/mol. The third-order valence-corrected chi connectivity index (χ3v) is 2.71. The fourth-order valence-electron chi connectivity index (χ4n) is 1.28. The molecule has 0 aliphatic heterocycles. The van der Waals surface area contributed by atoms with Crippen molar-refractivity contribution in [2.24, 2.45) is 0 Å². The van der Waals surface area contributed by atoms with Gasteiger partial charge in [-0.1, -0.05) is 0 Å². The predicted molar refractivity (Wildman–Crippen MR) is 66.3 cm³/mol. The maximum Gasteiger partial charge on any atom is 0.255 e. The van der Waals surface area contributed by atoms with Crippen molar-refractivity contribution >= 4 is 27.5 Å². The molecule has 86 valence electrons. The molecule has 0 atom stereocenters. The van der Waals surface area contributed by atoms with Crippen molar-refractivity contribution in [1.82, 2.24) is 4.98 Å². The number of pyridine rings is 1. The average Bonchev–Trinajstić information content (AvgIpc) is 2.34. The Kier molecular flexibility index (Phi) is 3.49. The molecule has 5 heteroatoms. The largest absolute Gasteiger partial charge is 0.321 e. The first-order chi connectivity index (χ1) is 8.16. The van der Waals surface area contributed by atoms with E-state index in [1.165, 1.54) is 24.4 Å². The summed E-state index contributed by atoms with van der Waals surface area (Å²) in [4.78, 5) is 15.7. The lowest BCUT2D eigenvalue weighted by Gasteiger charge is -2.05. The lowest BCUT2D eigenvalue weighted by atomic mass is 10.2. The van der Waals surface area contributed by atoms with Gasteiger partial charge in [-0.15, -0.1) is 0 Å². The second-order valence-corrected chi connectivity index (χ2v) is 4.18. The van der Waals surface area contributed by atoms with Gasteiger partial charge in [-0.3, -0.25) is 9.78 Å². The van der Waals surface area contributed by atoms with E-state index in [0.29, 0.717) is 11.3 Å². The van der Waals surface area contributed by atoms with Gasteiger partial charge in [0.25, 0.3) is 5.91 Å². The quantitative estimate of drug-likeness (QED) is 0.924. The first-order valence-electron chi connectivity index (χ1n) is 4.83. The number of rotatable bonds is 2. The van der Waals surface area contributed by atoms with Gasteiger partial charge in [0.2, 0.25) is 0 Å². The lowest BCUT2D eigenvalue weighted by Crippen LogP contribution is -2.12. The number of nitrogens with zero attached hydrogens (tertiary/aromatic N) is 1. The molecule has 3 nitrogen and oxygen atoms in total. The Hall–Kier alpha value is -1.75. The molecule has 0 saturated heterocycles. The smallest absolute Gasteiger partial charge is 0.255 e. The van der Waals surface area contributed by atoms with Crippen molar-refractivity contribution < 1.29 is 9.18 Å². The van der Waals surface area contributed by atoms with Crippen LogP contribution in [-0.4, -0.2) is 10.9 Å². The summed E-state index contributed by atoms with van der Waals surface area (Å²) in [5.74, 6) is -0.707. The van der Waals surface area contributed by atoms with Crippen LogP contribution in [0.5, 0.6) is 0 Å². The molecule has 0 aliphatic carbocycles. The van der Waals surface area contributed by atoms with E-state index in [2.05, 4.69) is 26.2 Å². The minimum atomic E-state index is -0.400. The molecule has 0 fully saturated rings. The van der Waals surface area contributed by atoms with Crippen molar-refractivity contribution in [2.75, 3.05) is 5.32 Å². The monoisotopic (exact) mass is 294 g/mol. The molecule has 0 spiro atoms. The number of nitrogens with one attached hydrogen (secondary N) is 1. The van der Waals surface area contributed by atoms with E-state index < -0.39 is 5.82 Å². The third kappa shape index (κ3) is 2.88. The van der Waals surface area contributed by atoms with E-state index >= 15 is 0 Å². The Morgan fingerprint density at radius 2 is 2.18 bits per heavy atom. The van der Waals surface area contributed by atoms with Crippen molar-refractivity contribution in [3.63, 3.8) is 0 Å². The van der Waals surface area contributed by atoms with Crippen LogP contribution in [-0.2, 0) is 0 Å². The van der Waals surface area contributed by atoms with Gasteiger partial charge in [-0.2, -0.15) is 0 Å². The number of anilines is 1. The summed E-state index contributed by atoms with van der Waals surface area (Å²) < 4.78 is 13.3. The average molecular weight is 295 g/mol. The molecule has 0 radical (unpaired) electrons. The van der Waals surface area contributed by atoms with E-state index in [4.69, 9.17) is 0 Å². The fourth-order valence-corrected chi connectivity index (χ4v) is 1.66. The summed E-state index contributed by atoms with van der Waals surface area (Å²) in [5.41, 5.74) is 0.972. The summed E-state index contributed by atoms with van der Waals surface area (Å²) in [6.45, 7) is 0. The summed E-state index contributed by atoms with van der Waals surface area (Å²) >= 11 is 3.03. The van der Waals surface area contributed by atoms with Gasteiger partial charge >= 0.3 is 0 Å². The summed E-state index contributed by atoms with van der Waals surface area (Å²) in [6.07, 6.45) is 3.15. The maximum atomic E-state index is 13.0. The molecule has 1 aromatic carbocycles. The Bertz CT molecular complexity index is 545. The maximum absolute atomic E-state index is 13.0. The van der Waals surface area contributed by atoms with Gasteiger partial charge in [0, 0.05) is 11.8 Å². The number of aromatic nitrogens is 1. The topological polar surface area (TPSA) is 42.0 Å². The molecule has 0 bridgehead atoms. The molecule has 0 unspecified atom stereocenters. The zero-order chi connectivity index (χ0) is 12.3. The van der Waals surface area contributed by atoms with Gasteiger partial charge in [-0.25, -0.2) is 4.39 Å². The van der Waals surface area contributed by atoms with E-state index in [9.17, 15) is 9.18 Å². The number of hydrogen-bond donors (Lipinski definition) is 1. The van der Waals surface area contributed by atoms with Crippen LogP contribution < -0.4 is 5.32 Å². The highest BCUT2D eigenvalue weighted by Crippen LogP contribution is 2.17. The lowest BCUT2D eigenvalue weighted by molar-refractivity contribution is 0.102. The molecular formula is C12H8BrFN2O. The molecule has 1 aromatic heterocycles. The van der Waals surface area contributed by atoms with Crippen molar-refractivity contribution in [1.29, 1.82) is 0 Å². The van der Waals surface area contributed by atoms with Gasteiger partial charge in [0.15, 0.2) is 0 Å². The van der Waals surface area contributed by atoms with Crippen LogP contribution in [0.15, 0.2) is 47.2 Å². The van der Waals surface area contributed by atoms with Crippen molar-refractivity contribution in [3.05, 3.63) is 58.6 Å². The third-order valence-electron chi connectivity index (χ3n) is 2.10. The SMILES string of the molecule is O=C(Nc1cccnc1)c1ccc(F)c(Br)c1. The normalized spacial score (nSPS) is 10.0. The Morgan fingerprint density at radius 3 is 2.82 bits per heavy atom. The van der Waals surface area contributed by atoms with Crippen molar-refractivity contribution in [3.8, 4) is 0 Å². The molecule has 17 heavy (non-hydrogen) atoms. The van der Waals surface area contributed by atoms with Crippen LogP contribution in [0.2, 0.25) is 0 Å². The van der Waals surface area contributed by atoms with Gasteiger partial charge < -0.3 is 5.32 Å². The van der Waals surface area contributed by atoms with Crippen LogP contribution in [0.1, 0.15) is 10.4 Å². The van der Waals surface area contributed by atoms with E-state index in [1.54, 1.807) is 18.3 Å². The van der Waals surface area contributed by atoms with Crippen LogP contribution in [0.4, 0.5) is 10.1 Å². The molecule has 2 rings (SSSR count). The molecule has 1 amide bonds. The number of carbonyl (C=O) groups is 1. The predicted octanol–water partition coefficient (Wildman–Crippen LogP) is 3.24. The minimum Gasteiger partial charge on any atom is -0.321 e. The summed E-state index contributed by atoms with van der Waals surface area (Å²) in [6, 6.07) is 7.54. The zero-order valence-electron chi connectivity index (χ0n) is 8.65. The van der Waals surface area contributed by atoms with E-state index in [0.717, 1.165) is 0 Å². The Morgan fingerprint density at radius 1 is 1.35 bits per heavy atom. The number of benzene rings is 1. The van der Waals surface area contributed by atoms with E-state index in [1.807, 2.05) is 0 Å². The molecule has 0 aliphatic rings. The van der Waals surface area contributed by atoms with Gasteiger partial charge in [-0.05, 0) is 46.3 Å². The minimum absolute atomic E-state index is 0.260. The van der Waals surface area contributed by atoms with Crippen LogP contribution in [0, 0.1) is 5.82 Å². The van der Waals surface area contributed by atoms with Crippen LogP contribution in [0.25, 0.3) is 0 Å². The molecule has 2 aromatic rings. The summed E-state index contributed by atoms with van der Waals surface area (Å²) in [5, 5.41) is 2.66. The second-order valence-electron chi connectivity index (χ2n) is 3.32. The van der Waals surface area contributed by atoms with Crippen LogP contribution in [0.3, 0.4) is 0 Å². The summed E-state index contributed by atoms with van der Waals surface area (Å²) in [7, 11) is 0. The van der Waals surface area contributed by atoms with Crippen LogP contribution >= 0.6 is 15.9 Å². The van der Waals surface area contributed by atoms with Gasteiger partial charge in [0.1, 0.15) is 5.82 Å². The number of hydrogen-bond acceptors (Lipinski definition) is 2. The molecule has 0 saturated carbocycles. The van der Waals surface area contributed by atoms with Gasteiger partial charge in [0.05, 0.1) is 16.4 Å². The van der Waals surface area contributed by atoms with Crippen molar-refractivity contribution in [2.45, 2.75) is 0 Å². The highest BCUT2D eigenvalue weighted by molar-refractivity contribution is 9.10. The fraction of sp³-hybridized carbons (Fsp3) is 0. The first kappa shape index (κ1) is 11.7. The number of carbonyl (C=O) groups excluding carboxylic acids is 1. The Labute approximate surface area is 106 Å². The molecule has 1 heterocycles. The molecule has 1 N–H and O–H groups in total. The van der Waals surface area contributed by atoms with E-state index in [-0.39, 0.29) is 10.4 Å². The highest BCUT2D eigenvalue weighted by atomic mass is 79.9. The first-order valence-corrected chi connectivity index (χ1v) is 5.62. The number of halogens is 2.